The number of hydrogen-bond donors (Lipinski definition) is 3. The first kappa shape index (κ1) is 20.7. The first-order valence-corrected chi connectivity index (χ1v) is 11.6. The van der Waals surface area contributed by atoms with E-state index in [0.717, 1.165) is 56.1 Å². The van der Waals surface area contributed by atoms with Gasteiger partial charge in [0.25, 0.3) is 0 Å². The van der Waals surface area contributed by atoms with Crippen molar-refractivity contribution in [2.75, 3.05) is 30.0 Å². The summed E-state index contributed by atoms with van der Waals surface area (Å²) in [6, 6.07) is 17.7. The lowest BCUT2D eigenvalue weighted by atomic mass is 9.85. The van der Waals surface area contributed by atoms with E-state index < -0.39 is 5.54 Å². The van der Waals surface area contributed by atoms with Crippen LogP contribution in [0.25, 0.3) is 0 Å². The van der Waals surface area contributed by atoms with Gasteiger partial charge in [0.1, 0.15) is 11.3 Å². The highest BCUT2D eigenvalue weighted by atomic mass is 16.3. The van der Waals surface area contributed by atoms with Gasteiger partial charge in [-0.05, 0) is 62.1 Å². The van der Waals surface area contributed by atoms with Crippen LogP contribution in [0.3, 0.4) is 0 Å². The Labute approximate surface area is 189 Å². The van der Waals surface area contributed by atoms with Crippen LogP contribution in [0.2, 0.25) is 0 Å². The van der Waals surface area contributed by atoms with Crippen LogP contribution in [0.1, 0.15) is 38.5 Å². The van der Waals surface area contributed by atoms with Crippen molar-refractivity contribution >= 4 is 23.2 Å². The average molecular weight is 434 g/mol. The van der Waals surface area contributed by atoms with Crippen molar-refractivity contribution < 1.29 is 9.90 Å². The molecule has 0 atom stereocenters. The maximum atomic E-state index is 13.0. The molecule has 0 unspecified atom stereocenters. The monoisotopic (exact) mass is 433 g/mol. The minimum Gasteiger partial charge on any atom is -0.508 e. The fourth-order valence-corrected chi connectivity index (χ4v) is 5.19. The number of amides is 1. The second-order valence-electron chi connectivity index (χ2n) is 9.01. The maximum absolute atomic E-state index is 13.0. The number of benzene rings is 2. The first-order chi connectivity index (χ1) is 15.6. The zero-order valence-electron chi connectivity index (χ0n) is 18.3. The summed E-state index contributed by atoms with van der Waals surface area (Å²) in [5, 5.41) is 16.2. The minimum atomic E-state index is -0.505. The largest absolute Gasteiger partial charge is 0.508 e. The Balaban J connectivity index is 1.35. The van der Waals surface area contributed by atoms with Crippen LogP contribution in [0, 0.1) is 0 Å². The molecule has 1 aliphatic carbocycles. The highest BCUT2D eigenvalue weighted by Crippen LogP contribution is 2.36. The molecule has 2 aliphatic heterocycles. The van der Waals surface area contributed by atoms with Gasteiger partial charge in [0, 0.05) is 24.5 Å². The average Bonchev–Trinajstić information content (AvgIpc) is 3.45. The van der Waals surface area contributed by atoms with Crippen LogP contribution in [0.5, 0.6) is 5.75 Å². The number of guanidine groups is 1. The van der Waals surface area contributed by atoms with E-state index in [1.807, 2.05) is 30.3 Å². The van der Waals surface area contributed by atoms with Gasteiger partial charge >= 0.3 is 0 Å². The van der Waals surface area contributed by atoms with E-state index in [-0.39, 0.29) is 11.7 Å². The van der Waals surface area contributed by atoms with Crippen LogP contribution < -0.4 is 15.5 Å². The smallest absolute Gasteiger partial charge is 0.247 e. The summed E-state index contributed by atoms with van der Waals surface area (Å²) in [5.74, 6) is 1.25. The summed E-state index contributed by atoms with van der Waals surface area (Å²) in [5.41, 5.74) is 1.49. The van der Waals surface area contributed by atoms with Crippen LogP contribution in [-0.4, -0.2) is 53.2 Å². The first-order valence-electron chi connectivity index (χ1n) is 11.6. The fraction of sp³-hybridized carbons (Fsp3) is 0.440. The van der Waals surface area contributed by atoms with Crippen molar-refractivity contribution in [3.8, 4) is 5.75 Å². The Morgan fingerprint density at radius 2 is 1.72 bits per heavy atom. The van der Waals surface area contributed by atoms with Gasteiger partial charge in [-0.2, -0.15) is 0 Å². The number of likely N-dealkylation sites (tertiary alicyclic amines) is 1. The Bertz CT molecular complexity index is 962. The zero-order chi connectivity index (χ0) is 22.0. The summed E-state index contributed by atoms with van der Waals surface area (Å²) < 4.78 is 0. The molecule has 0 radical (unpaired) electrons. The molecule has 3 aliphatic rings. The molecule has 2 aromatic carbocycles. The molecule has 2 aromatic rings. The highest BCUT2D eigenvalue weighted by molar-refractivity contribution is 5.96. The summed E-state index contributed by atoms with van der Waals surface area (Å²) in [6.45, 7) is 2.07. The number of nitrogens with zero attached hydrogens (tertiary/aromatic N) is 3. The number of nitrogens with one attached hydrogen (secondary N) is 2. The number of hydrogen-bond acceptors (Lipinski definition) is 4. The molecule has 2 saturated heterocycles. The molecule has 7 nitrogen and oxygen atoms in total. The molecule has 2 heterocycles. The fourth-order valence-electron chi connectivity index (χ4n) is 5.19. The molecule has 3 fully saturated rings. The molecule has 0 aromatic heterocycles. The molecular formula is C25H31N5O2. The van der Waals surface area contributed by atoms with Crippen LogP contribution >= 0.6 is 0 Å². The molecule has 1 spiro atoms. The van der Waals surface area contributed by atoms with E-state index in [0.29, 0.717) is 12.7 Å². The Morgan fingerprint density at radius 3 is 2.41 bits per heavy atom. The quantitative estimate of drug-likeness (QED) is 0.392. The van der Waals surface area contributed by atoms with Gasteiger partial charge in [0.2, 0.25) is 5.91 Å². The lowest BCUT2D eigenvalue weighted by Gasteiger charge is -2.44. The molecular weight excluding hydrogens is 402 g/mol. The summed E-state index contributed by atoms with van der Waals surface area (Å²) >= 11 is 0. The highest BCUT2D eigenvalue weighted by Gasteiger charge is 2.50. The van der Waals surface area contributed by atoms with Crippen LogP contribution in [-0.2, 0) is 4.79 Å². The van der Waals surface area contributed by atoms with Gasteiger partial charge in [-0.15, -0.1) is 0 Å². The summed E-state index contributed by atoms with van der Waals surface area (Å²) in [6.07, 6.45) is 6.21. The predicted molar refractivity (Wildman–Crippen MR) is 127 cm³/mol. The molecule has 5 rings (SSSR count). The molecule has 1 saturated carbocycles. The van der Waals surface area contributed by atoms with E-state index in [4.69, 9.17) is 4.99 Å². The molecule has 0 bridgehead atoms. The van der Waals surface area contributed by atoms with Crippen molar-refractivity contribution in [1.29, 1.82) is 0 Å². The van der Waals surface area contributed by atoms with Crippen LogP contribution in [0.15, 0.2) is 59.6 Å². The van der Waals surface area contributed by atoms with Crippen molar-refractivity contribution in [3.63, 3.8) is 0 Å². The van der Waals surface area contributed by atoms with Crippen molar-refractivity contribution in [2.45, 2.75) is 50.1 Å². The molecule has 168 valence electrons. The number of rotatable bonds is 3. The van der Waals surface area contributed by atoms with Crippen molar-refractivity contribution in [1.82, 2.24) is 10.2 Å². The van der Waals surface area contributed by atoms with E-state index in [9.17, 15) is 9.90 Å². The third kappa shape index (κ3) is 3.99. The van der Waals surface area contributed by atoms with Gasteiger partial charge in [-0.1, -0.05) is 31.0 Å². The SMILES string of the molecule is O=C1NCN(c2ccccc2)C12CCN(C(=NC1CCCC1)Nc1ccc(O)cc1)CC2. The third-order valence-corrected chi connectivity index (χ3v) is 7.05. The number of phenolic OH excluding ortho intramolecular Hbond substituents is 1. The maximum Gasteiger partial charge on any atom is 0.247 e. The number of anilines is 2. The Morgan fingerprint density at radius 1 is 1.03 bits per heavy atom. The van der Waals surface area contributed by atoms with Gasteiger partial charge in [0.15, 0.2) is 5.96 Å². The van der Waals surface area contributed by atoms with Crippen molar-refractivity contribution in [3.05, 3.63) is 54.6 Å². The lowest BCUT2D eigenvalue weighted by Crippen LogP contribution is -2.58. The second-order valence-corrected chi connectivity index (χ2v) is 9.01. The number of carbonyl (C=O) groups is 1. The lowest BCUT2D eigenvalue weighted by molar-refractivity contribution is -0.124. The number of para-hydroxylation sites is 1. The van der Waals surface area contributed by atoms with Crippen molar-refractivity contribution in [2.24, 2.45) is 4.99 Å². The number of aromatic hydroxyl groups is 1. The van der Waals surface area contributed by atoms with E-state index in [2.05, 4.69) is 32.6 Å². The van der Waals surface area contributed by atoms with Gasteiger partial charge in [-0.25, -0.2) is 4.99 Å². The number of phenols is 1. The normalized spacial score (nSPS) is 21.2. The molecule has 32 heavy (non-hydrogen) atoms. The standard InChI is InChI=1S/C25H31N5O2/c31-22-12-10-20(11-13-22)28-24(27-19-6-4-5-7-19)29-16-14-25(15-17-29)23(32)26-18-30(25)21-8-2-1-3-9-21/h1-3,8-13,19,31H,4-7,14-18H2,(H,26,32)(H,27,28). The topological polar surface area (TPSA) is 80.2 Å². The van der Waals surface area contributed by atoms with E-state index in [1.54, 1.807) is 12.1 Å². The summed E-state index contributed by atoms with van der Waals surface area (Å²) in [7, 11) is 0. The predicted octanol–water partition coefficient (Wildman–Crippen LogP) is 3.53. The Hall–Kier alpha value is -3.22. The van der Waals surface area contributed by atoms with Crippen LogP contribution in [0.4, 0.5) is 11.4 Å². The number of carbonyl (C=O) groups excluding carboxylic acids is 1. The number of aliphatic imine (C=N–C) groups is 1. The molecule has 3 N–H and O–H groups in total. The minimum absolute atomic E-state index is 0.127. The summed E-state index contributed by atoms with van der Waals surface area (Å²) in [4.78, 5) is 22.6. The molecule has 1 amide bonds. The van der Waals surface area contributed by atoms with Gasteiger partial charge in [0.05, 0.1) is 12.7 Å². The van der Waals surface area contributed by atoms with E-state index >= 15 is 0 Å². The van der Waals surface area contributed by atoms with E-state index in [1.165, 1.54) is 12.8 Å². The van der Waals surface area contributed by atoms with Gasteiger partial charge < -0.3 is 25.5 Å². The van der Waals surface area contributed by atoms with Gasteiger partial charge in [-0.3, -0.25) is 4.79 Å². The zero-order valence-corrected chi connectivity index (χ0v) is 18.3. The second kappa shape index (κ2) is 8.73. The number of piperidine rings is 1. The Kier molecular flexibility index (Phi) is 5.64. The molecule has 7 heteroatoms. The third-order valence-electron chi connectivity index (χ3n) is 7.05.